The molecule has 0 atom stereocenters. The molecule has 29 heavy (non-hydrogen) atoms. The molecule has 4 heterocycles. The Labute approximate surface area is 173 Å². The van der Waals surface area contributed by atoms with Crippen LogP contribution in [0, 0.1) is 0 Å². The molecular weight excluding hydrogens is 380 g/mol. The first-order valence-corrected chi connectivity index (χ1v) is 10.8. The third-order valence-electron chi connectivity index (χ3n) is 5.71. The first-order chi connectivity index (χ1) is 14.2. The standard InChI is InChI=1S/C23H22N4OS/c1-26-15-24-22-19(26)14-18(25-21(22)17-6-3-2-4-7-17)16-9-11-27(12-10-16)23(28)20-8-5-13-29-20/h2-8,13-16H,9-12H2,1H3. The minimum Gasteiger partial charge on any atom is -0.338 e. The van der Waals surface area contributed by atoms with Crippen LogP contribution >= 0.6 is 11.3 Å². The summed E-state index contributed by atoms with van der Waals surface area (Å²) in [6.45, 7) is 1.54. The molecule has 1 saturated heterocycles. The van der Waals surface area contributed by atoms with Crippen LogP contribution in [-0.4, -0.2) is 38.4 Å². The van der Waals surface area contributed by atoms with Crippen molar-refractivity contribution in [2.45, 2.75) is 18.8 Å². The van der Waals surface area contributed by atoms with Gasteiger partial charge < -0.3 is 9.47 Å². The van der Waals surface area contributed by atoms with Crippen LogP contribution in [-0.2, 0) is 7.05 Å². The number of imidazole rings is 1. The van der Waals surface area contributed by atoms with Gasteiger partial charge in [0, 0.05) is 37.3 Å². The third-order valence-corrected chi connectivity index (χ3v) is 6.57. The minimum atomic E-state index is 0.151. The van der Waals surface area contributed by atoms with E-state index in [0.717, 1.165) is 58.8 Å². The van der Waals surface area contributed by atoms with Crippen molar-refractivity contribution >= 4 is 28.3 Å². The van der Waals surface area contributed by atoms with Crippen LogP contribution in [0.4, 0.5) is 0 Å². The summed E-state index contributed by atoms with van der Waals surface area (Å²) in [5, 5.41) is 1.96. The molecule has 1 aromatic carbocycles. The summed E-state index contributed by atoms with van der Waals surface area (Å²) in [5.74, 6) is 0.502. The number of thiophene rings is 1. The number of carbonyl (C=O) groups excluding carboxylic acids is 1. The predicted octanol–water partition coefficient (Wildman–Crippen LogP) is 4.72. The molecule has 0 N–H and O–H groups in total. The van der Waals surface area contributed by atoms with Gasteiger partial charge in [-0.25, -0.2) is 4.98 Å². The highest BCUT2D eigenvalue weighted by atomic mass is 32.1. The highest BCUT2D eigenvalue weighted by molar-refractivity contribution is 7.12. The molecule has 0 unspecified atom stereocenters. The lowest BCUT2D eigenvalue weighted by Gasteiger charge is -2.31. The summed E-state index contributed by atoms with van der Waals surface area (Å²) in [5.41, 5.74) is 5.17. The summed E-state index contributed by atoms with van der Waals surface area (Å²) in [6, 6.07) is 16.3. The molecule has 0 radical (unpaired) electrons. The monoisotopic (exact) mass is 402 g/mol. The van der Waals surface area contributed by atoms with Crippen molar-refractivity contribution in [1.82, 2.24) is 19.4 Å². The fourth-order valence-corrected chi connectivity index (χ4v) is 4.78. The summed E-state index contributed by atoms with van der Waals surface area (Å²) in [6.07, 6.45) is 3.72. The minimum absolute atomic E-state index is 0.151. The van der Waals surface area contributed by atoms with Crippen LogP contribution in [0.25, 0.3) is 22.3 Å². The number of aryl methyl sites for hydroxylation is 1. The van der Waals surface area contributed by atoms with E-state index in [0.29, 0.717) is 5.92 Å². The number of carbonyl (C=O) groups is 1. The molecular formula is C23H22N4OS. The average Bonchev–Trinajstić information content (AvgIpc) is 3.44. The average molecular weight is 403 g/mol. The SMILES string of the molecule is Cn1cnc2c(-c3ccccc3)nc(C3CCN(C(=O)c4cccs4)CC3)cc21. The van der Waals surface area contributed by atoms with Gasteiger partial charge in [0.15, 0.2) is 0 Å². The van der Waals surface area contributed by atoms with E-state index in [1.807, 2.05) is 54.0 Å². The second kappa shape index (κ2) is 7.44. The molecule has 5 nitrogen and oxygen atoms in total. The van der Waals surface area contributed by atoms with Gasteiger partial charge in [0.25, 0.3) is 5.91 Å². The van der Waals surface area contributed by atoms with Gasteiger partial charge in [-0.3, -0.25) is 9.78 Å². The Morgan fingerprint density at radius 2 is 1.90 bits per heavy atom. The summed E-state index contributed by atoms with van der Waals surface area (Å²) in [7, 11) is 2.02. The van der Waals surface area contributed by atoms with Gasteiger partial charge in [-0.2, -0.15) is 0 Å². The Balaban J connectivity index is 1.44. The van der Waals surface area contributed by atoms with Crippen molar-refractivity contribution in [2.75, 3.05) is 13.1 Å². The third kappa shape index (κ3) is 3.34. The number of hydrogen-bond donors (Lipinski definition) is 0. The zero-order valence-electron chi connectivity index (χ0n) is 16.3. The number of piperidine rings is 1. The van der Waals surface area contributed by atoms with E-state index in [9.17, 15) is 4.79 Å². The zero-order chi connectivity index (χ0) is 19.8. The molecule has 5 rings (SSSR count). The molecule has 1 aliphatic rings. The zero-order valence-corrected chi connectivity index (χ0v) is 17.1. The maximum atomic E-state index is 12.6. The van der Waals surface area contributed by atoms with Crippen molar-refractivity contribution in [3.05, 3.63) is 70.8 Å². The van der Waals surface area contributed by atoms with Crippen molar-refractivity contribution in [3.8, 4) is 11.3 Å². The van der Waals surface area contributed by atoms with E-state index >= 15 is 0 Å². The molecule has 1 aliphatic heterocycles. The van der Waals surface area contributed by atoms with Gasteiger partial charge in [0.2, 0.25) is 0 Å². The quantitative estimate of drug-likeness (QED) is 0.498. The summed E-state index contributed by atoms with van der Waals surface area (Å²) < 4.78 is 2.06. The Morgan fingerprint density at radius 3 is 2.62 bits per heavy atom. The largest absolute Gasteiger partial charge is 0.338 e. The highest BCUT2D eigenvalue weighted by Crippen LogP contribution is 2.33. The molecule has 0 saturated carbocycles. The van der Waals surface area contributed by atoms with Gasteiger partial charge >= 0.3 is 0 Å². The Bertz CT molecular complexity index is 1140. The van der Waals surface area contributed by atoms with Crippen LogP contribution in [0.1, 0.15) is 34.1 Å². The van der Waals surface area contributed by atoms with Gasteiger partial charge in [0.05, 0.1) is 22.4 Å². The lowest BCUT2D eigenvalue weighted by Crippen LogP contribution is -2.37. The number of benzene rings is 1. The fraction of sp³-hybridized carbons (Fsp3) is 0.261. The number of aromatic nitrogens is 3. The maximum absolute atomic E-state index is 12.6. The number of fused-ring (bicyclic) bond motifs is 1. The lowest BCUT2D eigenvalue weighted by molar-refractivity contribution is 0.0717. The first-order valence-electron chi connectivity index (χ1n) is 9.91. The number of likely N-dealkylation sites (tertiary alicyclic amines) is 1. The molecule has 4 aromatic rings. The Hall–Kier alpha value is -2.99. The molecule has 3 aromatic heterocycles. The van der Waals surface area contributed by atoms with E-state index in [1.54, 1.807) is 0 Å². The lowest BCUT2D eigenvalue weighted by atomic mass is 9.92. The molecule has 0 aliphatic carbocycles. The van der Waals surface area contributed by atoms with Gasteiger partial charge in [-0.05, 0) is 30.4 Å². The van der Waals surface area contributed by atoms with E-state index in [1.165, 1.54) is 11.3 Å². The second-order valence-electron chi connectivity index (χ2n) is 7.53. The normalized spacial score (nSPS) is 15.1. The number of rotatable bonds is 3. The van der Waals surface area contributed by atoms with Crippen molar-refractivity contribution in [2.24, 2.45) is 7.05 Å². The number of nitrogens with zero attached hydrogens (tertiary/aromatic N) is 4. The molecule has 146 valence electrons. The van der Waals surface area contributed by atoms with Crippen LogP contribution in [0.15, 0.2) is 60.2 Å². The van der Waals surface area contributed by atoms with Crippen molar-refractivity contribution < 1.29 is 4.79 Å². The van der Waals surface area contributed by atoms with Gasteiger partial charge in [0.1, 0.15) is 5.52 Å². The molecule has 1 amide bonds. The van der Waals surface area contributed by atoms with E-state index in [4.69, 9.17) is 4.98 Å². The van der Waals surface area contributed by atoms with Crippen LogP contribution in [0.2, 0.25) is 0 Å². The van der Waals surface area contributed by atoms with E-state index < -0.39 is 0 Å². The Kier molecular flexibility index (Phi) is 4.64. The molecule has 1 fully saturated rings. The van der Waals surface area contributed by atoms with Crippen molar-refractivity contribution in [1.29, 1.82) is 0 Å². The topological polar surface area (TPSA) is 51.0 Å². The van der Waals surface area contributed by atoms with Crippen LogP contribution in [0.5, 0.6) is 0 Å². The van der Waals surface area contributed by atoms with Crippen LogP contribution in [0.3, 0.4) is 0 Å². The second-order valence-corrected chi connectivity index (χ2v) is 8.48. The number of amides is 1. The van der Waals surface area contributed by atoms with Gasteiger partial charge in [-0.15, -0.1) is 11.3 Å². The molecule has 6 heteroatoms. The molecule has 0 spiro atoms. The summed E-state index contributed by atoms with van der Waals surface area (Å²) in [4.78, 5) is 25.1. The molecule has 0 bridgehead atoms. The smallest absolute Gasteiger partial charge is 0.263 e. The van der Waals surface area contributed by atoms with Crippen LogP contribution < -0.4 is 0 Å². The van der Waals surface area contributed by atoms with E-state index in [2.05, 4.69) is 27.8 Å². The number of hydrogen-bond acceptors (Lipinski definition) is 4. The van der Waals surface area contributed by atoms with E-state index in [-0.39, 0.29) is 5.91 Å². The van der Waals surface area contributed by atoms with Gasteiger partial charge in [-0.1, -0.05) is 36.4 Å². The predicted molar refractivity (Wildman–Crippen MR) is 116 cm³/mol. The summed E-state index contributed by atoms with van der Waals surface area (Å²) >= 11 is 1.51. The van der Waals surface area contributed by atoms with Crippen molar-refractivity contribution in [3.63, 3.8) is 0 Å². The number of pyridine rings is 1. The first kappa shape index (κ1) is 18.1. The highest BCUT2D eigenvalue weighted by Gasteiger charge is 2.27. The Morgan fingerprint density at radius 1 is 1.10 bits per heavy atom. The maximum Gasteiger partial charge on any atom is 0.263 e. The fourth-order valence-electron chi connectivity index (χ4n) is 4.09.